The van der Waals surface area contributed by atoms with Crippen LogP contribution in [0.4, 0.5) is 0 Å². The van der Waals surface area contributed by atoms with Crippen molar-refractivity contribution in [1.82, 2.24) is 0 Å². The molecule has 0 aliphatic rings. The predicted octanol–water partition coefficient (Wildman–Crippen LogP) is 5.70. The van der Waals surface area contributed by atoms with Crippen molar-refractivity contribution in [2.75, 3.05) is 7.11 Å². The number of ether oxygens (including phenoxy) is 2. The van der Waals surface area contributed by atoms with Gasteiger partial charge in [-0.1, -0.05) is 35.9 Å². The molecule has 0 saturated carbocycles. The lowest BCUT2D eigenvalue weighted by Gasteiger charge is -2.08. The Morgan fingerprint density at radius 1 is 0.893 bits per heavy atom. The number of hydrogen-bond donors (Lipinski definition) is 0. The standard InChI is InChI=1S/C23H17ClO4/c1-26-19-9-2-15(3-10-19)14-27-20-11-6-17-12-21(23(25)28-22(17)13-20)16-4-7-18(24)8-5-16/h2-13H,14H2,1H3. The smallest absolute Gasteiger partial charge is 0.344 e. The van der Waals surface area contributed by atoms with E-state index < -0.39 is 5.63 Å². The first-order valence-electron chi connectivity index (χ1n) is 8.72. The van der Waals surface area contributed by atoms with Gasteiger partial charge in [-0.3, -0.25) is 0 Å². The Morgan fingerprint density at radius 3 is 2.32 bits per heavy atom. The van der Waals surface area contributed by atoms with E-state index in [9.17, 15) is 4.79 Å². The monoisotopic (exact) mass is 392 g/mol. The molecular weight excluding hydrogens is 376 g/mol. The molecule has 4 aromatic rings. The summed E-state index contributed by atoms with van der Waals surface area (Å²) in [4.78, 5) is 12.4. The Kier molecular flexibility index (Phi) is 5.04. The molecule has 0 N–H and O–H groups in total. The molecule has 0 amide bonds. The van der Waals surface area contributed by atoms with Gasteiger partial charge in [-0.2, -0.15) is 0 Å². The van der Waals surface area contributed by atoms with Crippen LogP contribution in [0, 0.1) is 0 Å². The maximum absolute atomic E-state index is 12.4. The number of hydrogen-bond acceptors (Lipinski definition) is 4. The summed E-state index contributed by atoms with van der Waals surface area (Å²) in [5, 5.41) is 1.44. The third-order valence-electron chi connectivity index (χ3n) is 4.43. The van der Waals surface area contributed by atoms with Crippen LogP contribution in [0.2, 0.25) is 5.02 Å². The number of fused-ring (bicyclic) bond motifs is 1. The van der Waals surface area contributed by atoms with E-state index in [1.807, 2.05) is 42.5 Å². The van der Waals surface area contributed by atoms with Crippen molar-refractivity contribution in [2.24, 2.45) is 0 Å². The molecule has 1 aromatic heterocycles. The summed E-state index contributed by atoms with van der Waals surface area (Å²) >= 11 is 5.92. The third-order valence-corrected chi connectivity index (χ3v) is 4.68. The van der Waals surface area contributed by atoms with Crippen LogP contribution in [0.15, 0.2) is 82.0 Å². The van der Waals surface area contributed by atoms with E-state index in [1.54, 1.807) is 37.4 Å². The summed E-state index contributed by atoms with van der Waals surface area (Å²) in [5.41, 5.74) is 2.36. The van der Waals surface area contributed by atoms with Crippen LogP contribution in [0.1, 0.15) is 5.56 Å². The Morgan fingerprint density at radius 2 is 1.61 bits per heavy atom. The number of rotatable bonds is 5. The molecule has 0 spiro atoms. The van der Waals surface area contributed by atoms with Crippen LogP contribution in [0.5, 0.6) is 11.5 Å². The largest absolute Gasteiger partial charge is 0.497 e. The van der Waals surface area contributed by atoms with Gasteiger partial charge in [0.05, 0.1) is 12.7 Å². The summed E-state index contributed by atoms with van der Waals surface area (Å²) in [6.45, 7) is 0.405. The van der Waals surface area contributed by atoms with Crippen LogP contribution < -0.4 is 15.1 Å². The summed E-state index contributed by atoms with van der Waals surface area (Å²) in [5.74, 6) is 1.43. The Balaban J connectivity index is 1.57. The highest BCUT2D eigenvalue weighted by Gasteiger charge is 2.09. The van der Waals surface area contributed by atoms with Gasteiger partial charge in [-0.05, 0) is 53.6 Å². The van der Waals surface area contributed by atoms with Crippen LogP contribution >= 0.6 is 11.6 Å². The molecule has 0 aliphatic carbocycles. The van der Waals surface area contributed by atoms with Crippen molar-refractivity contribution in [3.05, 3.63) is 93.8 Å². The molecule has 0 fully saturated rings. The normalized spacial score (nSPS) is 10.8. The molecule has 140 valence electrons. The zero-order valence-corrected chi connectivity index (χ0v) is 15.9. The lowest BCUT2D eigenvalue weighted by Crippen LogP contribution is -2.03. The number of methoxy groups -OCH3 is 1. The fraction of sp³-hybridized carbons (Fsp3) is 0.0870. The van der Waals surface area contributed by atoms with Crippen molar-refractivity contribution in [1.29, 1.82) is 0 Å². The van der Waals surface area contributed by atoms with E-state index in [0.29, 0.717) is 28.5 Å². The zero-order chi connectivity index (χ0) is 19.5. The molecule has 0 aliphatic heterocycles. The summed E-state index contributed by atoms with van der Waals surface area (Å²) in [6.07, 6.45) is 0. The van der Waals surface area contributed by atoms with Crippen LogP contribution in [-0.2, 0) is 6.61 Å². The van der Waals surface area contributed by atoms with Crippen molar-refractivity contribution in [3.8, 4) is 22.6 Å². The van der Waals surface area contributed by atoms with E-state index in [0.717, 1.165) is 22.3 Å². The van der Waals surface area contributed by atoms with Crippen LogP contribution in [0.25, 0.3) is 22.1 Å². The van der Waals surface area contributed by atoms with E-state index in [2.05, 4.69) is 0 Å². The van der Waals surface area contributed by atoms with Gasteiger partial charge >= 0.3 is 5.63 Å². The topological polar surface area (TPSA) is 48.7 Å². The first-order chi connectivity index (χ1) is 13.6. The van der Waals surface area contributed by atoms with Gasteiger partial charge in [0.2, 0.25) is 0 Å². The second-order valence-electron chi connectivity index (χ2n) is 6.29. The SMILES string of the molecule is COc1ccc(COc2ccc3cc(-c4ccc(Cl)cc4)c(=O)oc3c2)cc1. The minimum absolute atomic E-state index is 0.401. The Hall–Kier alpha value is -3.24. The molecule has 0 atom stereocenters. The molecule has 0 saturated heterocycles. The van der Waals surface area contributed by atoms with Crippen molar-refractivity contribution in [3.63, 3.8) is 0 Å². The van der Waals surface area contributed by atoms with Crippen molar-refractivity contribution < 1.29 is 13.9 Å². The average molecular weight is 393 g/mol. The molecule has 5 heteroatoms. The predicted molar refractivity (Wildman–Crippen MR) is 110 cm³/mol. The van der Waals surface area contributed by atoms with Crippen LogP contribution in [-0.4, -0.2) is 7.11 Å². The minimum Gasteiger partial charge on any atom is -0.497 e. The maximum atomic E-state index is 12.4. The first kappa shape index (κ1) is 18.1. The van der Waals surface area contributed by atoms with Gasteiger partial charge in [0.15, 0.2) is 0 Å². The van der Waals surface area contributed by atoms with Gasteiger partial charge in [0.1, 0.15) is 23.7 Å². The lowest BCUT2D eigenvalue weighted by atomic mass is 10.1. The minimum atomic E-state index is -0.401. The second-order valence-corrected chi connectivity index (χ2v) is 6.73. The Bertz CT molecular complexity index is 1160. The fourth-order valence-electron chi connectivity index (χ4n) is 2.90. The van der Waals surface area contributed by atoms with E-state index in [1.165, 1.54) is 0 Å². The molecule has 0 bridgehead atoms. The van der Waals surface area contributed by atoms with E-state index >= 15 is 0 Å². The fourth-order valence-corrected chi connectivity index (χ4v) is 3.03. The van der Waals surface area contributed by atoms with Gasteiger partial charge < -0.3 is 13.9 Å². The average Bonchev–Trinajstić information content (AvgIpc) is 2.72. The molecule has 4 rings (SSSR count). The maximum Gasteiger partial charge on any atom is 0.344 e. The van der Waals surface area contributed by atoms with Gasteiger partial charge in [0.25, 0.3) is 0 Å². The molecule has 4 nitrogen and oxygen atoms in total. The molecule has 28 heavy (non-hydrogen) atoms. The summed E-state index contributed by atoms with van der Waals surface area (Å²) < 4.78 is 16.5. The molecule has 0 radical (unpaired) electrons. The van der Waals surface area contributed by atoms with E-state index in [-0.39, 0.29) is 0 Å². The van der Waals surface area contributed by atoms with Crippen molar-refractivity contribution in [2.45, 2.75) is 6.61 Å². The highest BCUT2D eigenvalue weighted by atomic mass is 35.5. The highest BCUT2D eigenvalue weighted by molar-refractivity contribution is 6.30. The van der Waals surface area contributed by atoms with Gasteiger partial charge in [-0.25, -0.2) is 4.79 Å². The lowest BCUT2D eigenvalue weighted by molar-refractivity contribution is 0.306. The molecule has 3 aromatic carbocycles. The summed E-state index contributed by atoms with van der Waals surface area (Å²) in [6, 6.07) is 22.0. The van der Waals surface area contributed by atoms with Gasteiger partial charge in [0, 0.05) is 16.5 Å². The second kappa shape index (κ2) is 7.79. The highest BCUT2D eigenvalue weighted by Crippen LogP contribution is 2.26. The Labute approximate surface area is 166 Å². The quantitative estimate of drug-likeness (QED) is 0.409. The van der Waals surface area contributed by atoms with Crippen LogP contribution in [0.3, 0.4) is 0 Å². The third kappa shape index (κ3) is 3.87. The summed E-state index contributed by atoms with van der Waals surface area (Å²) in [7, 11) is 1.63. The molecule has 1 heterocycles. The van der Waals surface area contributed by atoms with Crippen molar-refractivity contribution >= 4 is 22.6 Å². The molecule has 0 unspecified atom stereocenters. The van der Waals surface area contributed by atoms with Gasteiger partial charge in [-0.15, -0.1) is 0 Å². The molecular formula is C23H17ClO4. The number of benzene rings is 3. The first-order valence-corrected chi connectivity index (χ1v) is 9.10. The number of halogens is 1. The zero-order valence-electron chi connectivity index (χ0n) is 15.1. The van der Waals surface area contributed by atoms with E-state index in [4.69, 9.17) is 25.5 Å².